The minimum absolute atomic E-state index is 0.0499. The van der Waals surface area contributed by atoms with Crippen LogP contribution in [0.2, 0.25) is 0 Å². The van der Waals surface area contributed by atoms with Gasteiger partial charge in [-0.3, -0.25) is 9.59 Å². The van der Waals surface area contributed by atoms with Gasteiger partial charge in [-0.25, -0.2) is 0 Å². The van der Waals surface area contributed by atoms with E-state index in [4.69, 9.17) is 9.47 Å². The normalized spacial score (nSPS) is 10.8. The van der Waals surface area contributed by atoms with Crippen molar-refractivity contribution in [3.05, 3.63) is 101 Å². The van der Waals surface area contributed by atoms with Gasteiger partial charge >= 0.3 is 5.97 Å². The number of benzene rings is 3. The van der Waals surface area contributed by atoms with Crippen LogP contribution in [0.4, 0.5) is 0 Å². The summed E-state index contributed by atoms with van der Waals surface area (Å²) < 4.78 is 12.8. The van der Waals surface area contributed by atoms with Crippen LogP contribution in [-0.4, -0.2) is 29.5 Å². The Labute approximate surface area is 237 Å². The van der Waals surface area contributed by atoms with E-state index in [0.29, 0.717) is 55.2 Å². The van der Waals surface area contributed by atoms with Crippen molar-refractivity contribution in [3.63, 3.8) is 0 Å². The van der Waals surface area contributed by atoms with Gasteiger partial charge in [-0.2, -0.15) is 0 Å². The second-order valence-electron chi connectivity index (χ2n) is 10.2. The second kappa shape index (κ2) is 14.2. The van der Waals surface area contributed by atoms with Crippen molar-refractivity contribution in [3.8, 4) is 17.6 Å². The molecule has 1 heterocycles. The van der Waals surface area contributed by atoms with Crippen molar-refractivity contribution >= 4 is 22.7 Å². The fourth-order valence-corrected chi connectivity index (χ4v) is 4.70. The summed E-state index contributed by atoms with van der Waals surface area (Å²) in [5.74, 6) is 7.32. The largest absolute Gasteiger partial charge is 0.481 e. The van der Waals surface area contributed by atoms with Crippen molar-refractivity contribution in [2.45, 2.75) is 53.0 Å². The number of hydrogen-bond donors (Lipinski definition) is 0. The first kappa shape index (κ1) is 28.7. The van der Waals surface area contributed by atoms with Crippen molar-refractivity contribution < 1.29 is 19.1 Å². The summed E-state index contributed by atoms with van der Waals surface area (Å²) in [6.07, 6.45) is 4.66. The smallest absolute Gasteiger partial charge is 0.305 e. The summed E-state index contributed by atoms with van der Waals surface area (Å²) in [5.41, 5.74) is 4.76. The standard InChI is InChI=1S/C35H37NO4/c1-4-39-34(37)13-9-22-36-25-32(31-11-5-6-12-33(31)36)35(38)29-18-20-30(21-19-29)40-23-8-7-10-27-14-16-28(17-15-27)24-26(2)3/h5-6,11-12,14-21,25-26H,4,9-10,13,22-24H2,1-3H3. The predicted molar refractivity (Wildman–Crippen MR) is 160 cm³/mol. The zero-order valence-corrected chi connectivity index (χ0v) is 23.6. The van der Waals surface area contributed by atoms with E-state index in [1.54, 1.807) is 31.2 Å². The van der Waals surface area contributed by atoms with Crippen LogP contribution in [0.1, 0.15) is 60.7 Å². The van der Waals surface area contributed by atoms with Crippen LogP contribution in [0.3, 0.4) is 0 Å². The molecule has 0 N–H and O–H groups in total. The van der Waals surface area contributed by atoms with Gasteiger partial charge in [-0.05, 0) is 67.1 Å². The number of ketones is 1. The van der Waals surface area contributed by atoms with Crippen LogP contribution in [0.5, 0.6) is 5.75 Å². The molecular formula is C35H37NO4. The Bertz CT molecular complexity index is 1480. The number of aryl methyl sites for hydroxylation is 1. The highest BCUT2D eigenvalue weighted by molar-refractivity contribution is 6.16. The van der Waals surface area contributed by atoms with E-state index >= 15 is 0 Å². The number of esters is 1. The van der Waals surface area contributed by atoms with Crippen molar-refractivity contribution in [1.29, 1.82) is 0 Å². The maximum absolute atomic E-state index is 13.4. The fourth-order valence-electron chi connectivity index (χ4n) is 4.70. The molecule has 0 radical (unpaired) electrons. The topological polar surface area (TPSA) is 57.5 Å². The summed E-state index contributed by atoms with van der Waals surface area (Å²) >= 11 is 0. The minimum atomic E-state index is -0.199. The number of nitrogens with zero attached hydrogens (tertiary/aromatic N) is 1. The van der Waals surface area contributed by atoms with Crippen LogP contribution in [0, 0.1) is 17.8 Å². The molecule has 0 amide bonds. The monoisotopic (exact) mass is 535 g/mol. The molecule has 1 aromatic heterocycles. The second-order valence-corrected chi connectivity index (χ2v) is 10.2. The molecule has 4 aromatic rings. The molecule has 4 rings (SSSR count). The molecule has 0 unspecified atom stereocenters. The lowest BCUT2D eigenvalue weighted by atomic mass is 10.0. The number of fused-ring (bicyclic) bond motifs is 1. The van der Waals surface area contributed by atoms with Crippen LogP contribution in [0.25, 0.3) is 10.9 Å². The highest BCUT2D eigenvalue weighted by atomic mass is 16.5. The van der Waals surface area contributed by atoms with Gasteiger partial charge in [0.15, 0.2) is 5.78 Å². The van der Waals surface area contributed by atoms with Gasteiger partial charge in [0.25, 0.3) is 0 Å². The molecule has 0 saturated heterocycles. The van der Waals surface area contributed by atoms with Gasteiger partial charge in [-0.15, -0.1) is 0 Å². The molecule has 0 saturated carbocycles. The molecular weight excluding hydrogens is 498 g/mol. The number of rotatable bonds is 12. The molecule has 5 nitrogen and oxygen atoms in total. The quantitative estimate of drug-likeness (QED) is 0.111. The van der Waals surface area contributed by atoms with Gasteiger partial charge in [0, 0.05) is 47.6 Å². The molecule has 5 heteroatoms. The molecule has 40 heavy (non-hydrogen) atoms. The Kier molecular flexibility index (Phi) is 10.2. The third kappa shape index (κ3) is 7.86. The Morgan fingerprint density at radius 2 is 1.62 bits per heavy atom. The van der Waals surface area contributed by atoms with Crippen molar-refractivity contribution in [2.75, 3.05) is 13.2 Å². The van der Waals surface area contributed by atoms with E-state index in [9.17, 15) is 9.59 Å². The third-order valence-electron chi connectivity index (χ3n) is 6.63. The van der Waals surface area contributed by atoms with Crippen LogP contribution >= 0.6 is 0 Å². The Morgan fingerprint density at radius 1 is 0.900 bits per heavy atom. The van der Waals surface area contributed by atoms with E-state index in [1.165, 1.54) is 11.1 Å². The fraction of sp³-hybridized carbons (Fsp3) is 0.314. The number of para-hydroxylation sites is 1. The lowest BCUT2D eigenvalue weighted by molar-refractivity contribution is -0.143. The van der Waals surface area contributed by atoms with Crippen LogP contribution in [0.15, 0.2) is 79.0 Å². The van der Waals surface area contributed by atoms with E-state index < -0.39 is 0 Å². The van der Waals surface area contributed by atoms with Crippen LogP contribution < -0.4 is 4.74 Å². The van der Waals surface area contributed by atoms with Crippen molar-refractivity contribution in [1.82, 2.24) is 4.57 Å². The average Bonchev–Trinajstić information content (AvgIpc) is 3.32. The Morgan fingerprint density at radius 3 is 2.35 bits per heavy atom. The lowest BCUT2D eigenvalue weighted by Gasteiger charge is -2.05. The maximum atomic E-state index is 13.4. The summed E-state index contributed by atoms with van der Waals surface area (Å²) in [6.45, 7) is 7.56. The lowest BCUT2D eigenvalue weighted by Crippen LogP contribution is -2.06. The average molecular weight is 536 g/mol. The predicted octanol–water partition coefficient (Wildman–Crippen LogP) is 7.04. The number of carbonyl (C=O) groups excluding carboxylic acids is 2. The molecule has 0 bridgehead atoms. The van der Waals surface area contributed by atoms with Crippen molar-refractivity contribution in [2.24, 2.45) is 5.92 Å². The first-order chi connectivity index (χ1) is 19.4. The Balaban J connectivity index is 1.33. The van der Waals surface area contributed by atoms with E-state index in [1.807, 2.05) is 35.0 Å². The molecule has 0 spiro atoms. The Hall–Kier alpha value is -4.30. The zero-order chi connectivity index (χ0) is 28.3. The van der Waals surface area contributed by atoms with E-state index in [0.717, 1.165) is 17.3 Å². The zero-order valence-electron chi connectivity index (χ0n) is 23.6. The number of ether oxygens (including phenoxy) is 2. The first-order valence-corrected chi connectivity index (χ1v) is 14.0. The molecule has 0 aliphatic rings. The highest BCUT2D eigenvalue weighted by Crippen LogP contribution is 2.25. The minimum Gasteiger partial charge on any atom is -0.481 e. The number of carbonyl (C=O) groups is 2. The molecule has 0 aliphatic heterocycles. The van der Waals surface area contributed by atoms with Gasteiger partial charge < -0.3 is 14.0 Å². The van der Waals surface area contributed by atoms with E-state index in [2.05, 4.69) is 50.0 Å². The molecule has 0 atom stereocenters. The van der Waals surface area contributed by atoms with Gasteiger partial charge in [0.1, 0.15) is 12.4 Å². The maximum Gasteiger partial charge on any atom is 0.305 e. The summed E-state index contributed by atoms with van der Waals surface area (Å²) in [6, 6.07) is 23.7. The SMILES string of the molecule is CCOC(=O)CCCn1cc(C(=O)c2ccc(OCC#CCc3ccc(CC(C)C)cc3)cc2)c2ccccc21. The molecule has 3 aromatic carbocycles. The molecule has 0 fully saturated rings. The molecule has 0 aliphatic carbocycles. The highest BCUT2D eigenvalue weighted by Gasteiger charge is 2.17. The first-order valence-electron chi connectivity index (χ1n) is 14.0. The van der Waals surface area contributed by atoms with Crippen LogP contribution in [-0.2, 0) is 28.9 Å². The van der Waals surface area contributed by atoms with Gasteiger partial charge in [0.2, 0.25) is 0 Å². The van der Waals surface area contributed by atoms with Gasteiger partial charge in [-0.1, -0.05) is 68.2 Å². The number of hydrogen-bond acceptors (Lipinski definition) is 4. The third-order valence-corrected chi connectivity index (χ3v) is 6.63. The summed E-state index contributed by atoms with van der Waals surface area (Å²) in [4.78, 5) is 25.1. The molecule has 206 valence electrons. The number of aromatic nitrogens is 1. The van der Waals surface area contributed by atoms with E-state index in [-0.39, 0.29) is 18.4 Å². The summed E-state index contributed by atoms with van der Waals surface area (Å²) in [5, 5.41) is 0.897. The summed E-state index contributed by atoms with van der Waals surface area (Å²) in [7, 11) is 0. The van der Waals surface area contributed by atoms with Gasteiger partial charge in [0.05, 0.1) is 6.61 Å².